The molecule has 0 saturated heterocycles. The first kappa shape index (κ1) is 13.0. The number of halogens is 8. The molecule has 84 valence electrons. The quantitative estimate of drug-likeness (QED) is 0.534. The van der Waals surface area contributed by atoms with Gasteiger partial charge in [-0.25, -0.2) is 4.39 Å². The van der Waals surface area contributed by atoms with Crippen molar-refractivity contribution in [2.45, 2.75) is 18.2 Å². The molecule has 9 heteroatoms. The van der Waals surface area contributed by atoms with Gasteiger partial charge in [-0.2, -0.15) is 30.7 Å². The van der Waals surface area contributed by atoms with Crippen LogP contribution in [0.4, 0.5) is 35.1 Å². The molecule has 0 unspecified atom stereocenters. The zero-order valence-electron chi connectivity index (χ0n) is 6.09. The number of hydrogen-bond donors (Lipinski definition) is 0. The van der Waals surface area contributed by atoms with Crippen LogP contribution in [0, 0.1) is 0 Å². The summed E-state index contributed by atoms with van der Waals surface area (Å²) >= 11 is 0. The minimum Gasteiger partial charge on any atom is -0.433 e. The topological polar surface area (TPSA) is 9.23 Å². The van der Waals surface area contributed by atoms with Crippen LogP contribution in [-0.2, 0) is 4.74 Å². The molecule has 0 aromatic heterocycles. The molecule has 0 bridgehead atoms. The van der Waals surface area contributed by atoms with Crippen LogP contribution in [0.15, 0.2) is 12.6 Å². The highest BCUT2D eigenvalue weighted by Gasteiger charge is 2.75. The average molecular weight is 230 g/mol. The molecule has 0 rings (SSSR count). The highest BCUT2D eigenvalue weighted by Crippen LogP contribution is 2.46. The third-order valence-electron chi connectivity index (χ3n) is 0.989. The van der Waals surface area contributed by atoms with E-state index in [1.54, 1.807) is 0 Å². The molecule has 0 spiro atoms. The molecule has 0 saturated carbocycles. The summed E-state index contributed by atoms with van der Waals surface area (Å²) < 4.78 is 95.3. The van der Waals surface area contributed by atoms with Crippen LogP contribution in [0.3, 0.4) is 0 Å². The molecular weight excluding hydrogens is 228 g/mol. The lowest BCUT2D eigenvalue weighted by Gasteiger charge is -2.26. The summed E-state index contributed by atoms with van der Waals surface area (Å²) in [5.74, 6) is -6.39. The second-order valence-electron chi connectivity index (χ2n) is 1.97. The molecule has 1 nitrogen and oxygen atoms in total. The molecule has 0 atom stereocenters. The molecule has 0 aromatic carbocycles. The Bertz CT molecular complexity index is 216. The summed E-state index contributed by atoms with van der Waals surface area (Å²) in [6.07, 6.45) is -13.7. The van der Waals surface area contributed by atoms with Gasteiger partial charge in [0.25, 0.3) is 0 Å². The molecule has 0 fully saturated rings. The zero-order valence-corrected chi connectivity index (χ0v) is 6.09. The minimum absolute atomic E-state index is 0.611. The fourth-order valence-corrected chi connectivity index (χ4v) is 0.350. The van der Waals surface area contributed by atoms with Crippen LogP contribution >= 0.6 is 0 Å². The molecular formula is C5H2F8O. The maximum absolute atomic E-state index is 12.0. The van der Waals surface area contributed by atoms with Gasteiger partial charge in [0.2, 0.25) is 0 Å². The van der Waals surface area contributed by atoms with E-state index < -0.39 is 30.8 Å². The van der Waals surface area contributed by atoms with E-state index in [-0.39, 0.29) is 0 Å². The first-order valence-electron chi connectivity index (χ1n) is 2.81. The molecule has 0 amide bonds. The van der Waals surface area contributed by atoms with Gasteiger partial charge in [-0.3, -0.25) is 0 Å². The minimum atomic E-state index is -6.49. The van der Waals surface area contributed by atoms with Crippen molar-refractivity contribution in [2.24, 2.45) is 0 Å². The van der Waals surface area contributed by atoms with E-state index in [4.69, 9.17) is 0 Å². The van der Waals surface area contributed by atoms with Gasteiger partial charge in [-0.05, 0) is 0 Å². The van der Waals surface area contributed by atoms with Gasteiger partial charge in [0, 0.05) is 0 Å². The van der Waals surface area contributed by atoms with Crippen LogP contribution in [0.5, 0.6) is 0 Å². The smallest absolute Gasteiger partial charge is 0.433 e. The SMILES string of the molecule is F/C=C/OC(F)(F)C(F)(F)C(F)(F)F. The number of alkyl halides is 7. The maximum atomic E-state index is 12.0. The summed E-state index contributed by atoms with van der Waals surface area (Å²) in [7, 11) is 0. The van der Waals surface area contributed by atoms with Gasteiger partial charge in [-0.15, -0.1) is 0 Å². The van der Waals surface area contributed by atoms with Crippen molar-refractivity contribution in [3.05, 3.63) is 12.6 Å². The van der Waals surface area contributed by atoms with Crippen LogP contribution in [-0.4, -0.2) is 18.2 Å². The maximum Gasteiger partial charge on any atom is 0.473 e. The Morgan fingerprint density at radius 3 is 1.57 bits per heavy atom. The normalized spacial score (nSPS) is 14.9. The molecule has 0 aliphatic carbocycles. The first-order valence-corrected chi connectivity index (χ1v) is 2.81. The summed E-state index contributed by atoms with van der Waals surface area (Å²) in [5, 5.41) is 0. The summed E-state index contributed by atoms with van der Waals surface area (Å²) in [5.41, 5.74) is 0. The lowest BCUT2D eigenvalue weighted by atomic mass is 10.3. The van der Waals surface area contributed by atoms with Crippen molar-refractivity contribution in [1.82, 2.24) is 0 Å². The predicted octanol–water partition coefficient (Wildman–Crippen LogP) is 3.23. The summed E-state index contributed by atoms with van der Waals surface area (Å²) in [6, 6.07) is 0. The largest absolute Gasteiger partial charge is 0.473 e. The third kappa shape index (κ3) is 2.26. The van der Waals surface area contributed by atoms with E-state index in [1.165, 1.54) is 0 Å². The molecule has 0 aliphatic rings. The Kier molecular flexibility index (Phi) is 3.35. The van der Waals surface area contributed by atoms with E-state index in [0.717, 1.165) is 0 Å². The molecule has 14 heavy (non-hydrogen) atoms. The second-order valence-corrected chi connectivity index (χ2v) is 1.97. The van der Waals surface area contributed by atoms with Gasteiger partial charge in [0.05, 0.1) is 0 Å². The van der Waals surface area contributed by atoms with Gasteiger partial charge in [0.1, 0.15) is 12.6 Å². The Morgan fingerprint density at radius 1 is 0.857 bits per heavy atom. The van der Waals surface area contributed by atoms with Crippen molar-refractivity contribution < 1.29 is 39.9 Å². The van der Waals surface area contributed by atoms with Gasteiger partial charge in [0.15, 0.2) is 0 Å². The third-order valence-corrected chi connectivity index (χ3v) is 0.989. The molecule has 0 aliphatic heterocycles. The van der Waals surface area contributed by atoms with Gasteiger partial charge < -0.3 is 4.74 Å². The van der Waals surface area contributed by atoms with E-state index in [1.807, 2.05) is 0 Å². The van der Waals surface area contributed by atoms with Crippen LogP contribution < -0.4 is 0 Å². The Balaban J connectivity index is 4.87. The van der Waals surface area contributed by atoms with E-state index >= 15 is 0 Å². The number of ether oxygens (including phenoxy) is 1. The molecule has 0 N–H and O–H groups in total. The van der Waals surface area contributed by atoms with Crippen LogP contribution in [0.1, 0.15) is 0 Å². The fraction of sp³-hybridized carbons (Fsp3) is 0.600. The van der Waals surface area contributed by atoms with E-state index in [0.29, 0.717) is 0 Å². The lowest BCUT2D eigenvalue weighted by Crippen LogP contribution is -2.52. The highest BCUT2D eigenvalue weighted by molar-refractivity contribution is 4.86. The Morgan fingerprint density at radius 2 is 1.29 bits per heavy atom. The lowest BCUT2D eigenvalue weighted by molar-refractivity contribution is -0.413. The Labute approximate surface area is 71.9 Å². The summed E-state index contributed by atoms with van der Waals surface area (Å²) in [6.45, 7) is 0. The number of rotatable bonds is 3. The predicted molar refractivity (Wildman–Crippen MR) is 27.3 cm³/mol. The van der Waals surface area contributed by atoms with Crippen molar-refractivity contribution in [3.63, 3.8) is 0 Å². The Hall–Kier alpha value is -1.02. The first-order chi connectivity index (χ1) is 6.06. The molecule has 0 heterocycles. The van der Waals surface area contributed by atoms with Crippen molar-refractivity contribution in [1.29, 1.82) is 0 Å². The van der Waals surface area contributed by atoms with E-state index in [9.17, 15) is 35.1 Å². The average Bonchev–Trinajstić information content (AvgIpc) is 1.98. The zero-order chi connectivity index (χ0) is 11.6. The fourth-order valence-electron chi connectivity index (χ4n) is 0.350. The van der Waals surface area contributed by atoms with Gasteiger partial charge in [-0.1, -0.05) is 0 Å². The monoisotopic (exact) mass is 230 g/mol. The second kappa shape index (κ2) is 3.62. The molecule has 0 radical (unpaired) electrons. The van der Waals surface area contributed by atoms with Crippen LogP contribution in [0.2, 0.25) is 0 Å². The van der Waals surface area contributed by atoms with Crippen molar-refractivity contribution in [3.8, 4) is 0 Å². The van der Waals surface area contributed by atoms with Gasteiger partial charge >= 0.3 is 18.2 Å². The van der Waals surface area contributed by atoms with Crippen molar-refractivity contribution in [2.75, 3.05) is 0 Å². The highest BCUT2D eigenvalue weighted by atomic mass is 19.4. The van der Waals surface area contributed by atoms with Crippen LogP contribution in [0.25, 0.3) is 0 Å². The summed E-state index contributed by atoms with van der Waals surface area (Å²) in [4.78, 5) is 0. The van der Waals surface area contributed by atoms with E-state index in [2.05, 4.69) is 4.74 Å². The molecule has 0 aromatic rings. The standard InChI is InChI=1S/C5H2F8O/c6-1-2-14-5(12,13)3(7,8)4(9,10)11/h1-2H/b2-1+. The number of hydrogen-bond acceptors (Lipinski definition) is 1. The van der Waals surface area contributed by atoms with Crippen molar-refractivity contribution >= 4 is 0 Å².